The Morgan fingerprint density at radius 2 is 1.54 bits per heavy atom. The van der Waals surface area contributed by atoms with Crippen molar-refractivity contribution >= 4 is 5.91 Å². The largest absolute Gasteiger partial charge is 0.496 e. The molecule has 0 unspecified atom stereocenters. The molecule has 0 fully saturated rings. The lowest BCUT2D eigenvalue weighted by atomic mass is 10.1. The predicted octanol–water partition coefficient (Wildman–Crippen LogP) is 5.15. The molecular weight excluding hydrogens is 348 g/mol. The predicted molar refractivity (Wildman–Crippen MR) is 119 cm³/mol. The average Bonchev–Trinajstić information content (AvgIpc) is 2.63. The van der Waals surface area contributed by atoms with E-state index < -0.39 is 0 Å². The fourth-order valence-electron chi connectivity index (χ4n) is 3.87. The van der Waals surface area contributed by atoms with Gasteiger partial charge in [-0.1, -0.05) is 24.6 Å². The summed E-state index contributed by atoms with van der Waals surface area (Å²) in [6, 6.07) is 9.35. The third-order valence-corrected chi connectivity index (χ3v) is 5.33. The number of unbranched alkanes of at least 4 members (excludes halogenated alkanes) is 2. The van der Waals surface area contributed by atoms with Crippen molar-refractivity contribution in [3.05, 3.63) is 29.8 Å². The molecule has 0 spiro atoms. The molecule has 0 aliphatic heterocycles. The molecule has 1 aromatic carbocycles. The molecule has 0 N–H and O–H groups in total. The Bertz CT molecular complexity index is 561. The number of hydrogen-bond acceptors (Lipinski definition) is 3. The number of ether oxygens (including phenoxy) is 1. The van der Waals surface area contributed by atoms with E-state index in [9.17, 15) is 4.79 Å². The first-order chi connectivity index (χ1) is 13.3. The van der Waals surface area contributed by atoms with Gasteiger partial charge in [0.2, 0.25) is 5.91 Å². The van der Waals surface area contributed by atoms with Gasteiger partial charge in [-0.25, -0.2) is 0 Å². The average molecular weight is 391 g/mol. The number of carbonyl (C=O) groups excluding carboxylic acids is 1. The maximum atomic E-state index is 12.5. The minimum atomic E-state index is 0.277. The standard InChI is InChI=1S/C24H42N2O2/c1-19(2)25(18-16-22-13-10-11-14-23(22)28-7)17-12-8-9-15-24(27)26(20(3)4)21(5)6/h10-11,13-14,19-21H,8-9,12,15-18H2,1-7H3. The zero-order valence-corrected chi connectivity index (χ0v) is 19.2. The topological polar surface area (TPSA) is 32.8 Å². The molecule has 0 radical (unpaired) electrons. The summed E-state index contributed by atoms with van der Waals surface area (Å²) in [5.41, 5.74) is 1.27. The Balaban J connectivity index is 2.39. The van der Waals surface area contributed by atoms with Gasteiger partial charge in [0.05, 0.1) is 7.11 Å². The van der Waals surface area contributed by atoms with Gasteiger partial charge < -0.3 is 14.5 Å². The van der Waals surface area contributed by atoms with Gasteiger partial charge in [0.15, 0.2) is 0 Å². The SMILES string of the molecule is COc1ccccc1CCN(CCCCCC(=O)N(C(C)C)C(C)C)C(C)C. The van der Waals surface area contributed by atoms with Gasteiger partial charge in [-0.2, -0.15) is 0 Å². The molecule has 4 nitrogen and oxygen atoms in total. The van der Waals surface area contributed by atoms with Crippen molar-refractivity contribution in [2.45, 2.75) is 91.8 Å². The molecule has 0 atom stereocenters. The summed E-state index contributed by atoms with van der Waals surface area (Å²) in [5, 5.41) is 0. The summed E-state index contributed by atoms with van der Waals surface area (Å²) in [5.74, 6) is 1.27. The number of nitrogens with zero attached hydrogens (tertiary/aromatic N) is 2. The van der Waals surface area contributed by atoms with Crippen LogP contribution < -0.4 is 4.74 Å². The van der Waals surface area contributed by atoms with Crippen LogP contribution in [0.5, 0.6) is 5.75 Å². The first-order valence-corrected chi connectivity index (χ1v) is 10.9. The number of carbonyl (C=O) groups is 1. The quantitative estimate of drug-likeness (QED) is 0.436. The highest BCUT2D eigenvalue weighted by Gasteiger charge is 2.19. The second kappa shape index (κ2) is 12.8. The molecule has 1 aromatic rings. The number of rotatable bonds is 13. The molecule has 1 rings (SSSR count). The highest BCUT2D eigenvalue weighted by atomic mass is 16.5. The van der Waals surface area contributed by atoms with E-state index in [0.29, 0.717) is 18.4 Å². The second-order valence-electron chi connectivity index (χ2n) is 8.49. The zero-order chi connectivity index (χ0) is 21.1. The summed E-state index contributed by atoms with van der Waals surface area (Å²) in [7, 11) is 1.74. The molecule has 0 aliphatic rings. The van der Waals surface area contributed by atoms with Crippen LogP contribution in [0, 0.1) is 0 Å². The Kier molecular flexibility index (Phi) is 11.2. The van der Waals surface area contributed by atoms with Crippen molar-refractivity contribution in [2.75, 3.05) is 20.2 Å². The van der Waals surface area contributed by atoms with E-state index in [1.807, 2.05) is 17.0 Å². The van der Waals surface area contributed by atoms with E-state index in [1.54, 1.807) is 7.11 Å². The van der Waals surface area contributed by atoms with Crippen molar-refractivity contribution in [1.82, 2.24) is 9.80 Å². The van der Waals surface area contributed by atoms with E-state index >= 15 is 0 Å². The lowest BCUT2D eigenvalue weighted by Crippen LogP contribution is -2.41. The van der Waals surface area contributed by atoms with Gasteiger partial charge in [-0.05, 0) is 79.0 Å². The summed E-state index contributed by atoms with van der Waals surface area (Å²) >= 11 is 0. The van der Waals surface area contributed by atoms with Crippen LogP contribution in [-0.4, -0.2) is 54.0 Å². The van der Waals surface area contributed by atoms with Gasteiger partial charge in [-0.15, -0.1) is 0 Å². The third-order valence-electron chi connectivity index (χ3n) is 5.33. The molecule has 0 aromatic heterocycles. The van der Waals surface area contributed by atoms with Crippen LogP contribution in [0.4, 0.5) is 0 Å². The number of hydrogen-bond donors (Lipinski definition) is 0. The highest BCUT2D eigenvalue weighted by Crippen LogP contribution is 2.19. The van der Waals surface area contributed by atoms with Crippen molar-refractivity contribution in [3.8, 4) is 5.75 Å². The minimum absolute atomic E-state index is 0.277. The Morgan fingerprint density at radius 1 is 0.893 bits per heavy atom. The van der Waals surface area contributed by atoms with Crippen LogP contribution in [0.25, 0.3) is 0 Å². The van der Waals surface area contributed by atoms with Crippen LogP contribution >= 0.6 is 0 Å². The highest BCUT2D eigenvalue weighted by molar-refractivity contribution is 5.76. The van der Waals surface area contributed by atoms with Crippen LogP contribution in [0.15, 0.2) is 24.3 Å². The van der Waals surface area contributed by atoms with Crippen LogP contribution in [0.3, 0.4) is 0 Å². The zero-order valence-electron chi connectivity index (χ0n) is 19.2. The Hall–Kier alpha value is -1.55. The minimum Gasteiger partial charge on any atom is -0.496 e. The summed E-state index contributed by atoms with van der Waals surface area (Å²) in [6.07, 6.45) is 4.89. The maximum absolute atomic E-state index is 12.5. The first kappa shape index (κ1) is 24.5. The second-order valence-corrected chi connectivity index (χ2v) is 8.49. The van der Waals surface area contributed by atoms with Crippen molar-refractivity contribution < 1.29 is 9.53 Å². The van der Waals surface area contributed by atoms with Crippen LogP contribution in [0.2, 0.25) is 0 Å². The van der Waals surface area contributed by atoms with Gasteiger partial charge in [0, 0.05) is 31.1 Å². The van der Waals surface area contributed by atoms with Crippen LogP contribution in [-0.2, 0) is 11.2 Å². The molecule has 0 saturated heterocycles. The number of methoxy groups -OCH3 is 1. The van der Waals surface area contributed by atoms with Gasteiger partial charge in [-0.3, -0.25) is 4.79 Å². The lowest BCUT2D eigenvalue weighted by Gasteiger charge is -2.31. The smallest absolute Gasteiger partial charge is 0.223 e. The first-order valence-electron chi connectivity index (χ1n) is 10.9. The van der Waals surface area contributed by atoms with Crippen molar-refractivity contribution in [3.63, 3.8) is 0 Å². The molecular formula is C24H42N2O2. The van der Waals surface area contributed by atoms with E-state index in [1.165, 1.54) is 5.56 Å². The molecule has 0 heterocycles. The molecule has 4 heteroatoms. The van der Waals surface area contributed by atoms with Crippen LogP contribution in [0.1, 0.15) is 72.8 Å². The molecule has 0 saturated carbocycles. The molecule has 160 valence electrons. The van der Waals surface area contributed by atoms with Gasteiger partial charge in [0.25, 0.3) is 0 Å². The normalized spacial score (nSPS) is 11.7. The number of amides is 1. The number of para-hydroxylation sites is 1. The van der Waals surface area contributed by atoms with E-state index in [0.717, 1.165) is 44.5 Å². The Morgan fingerprint density at radius 3 is 2.11 bits per heavy atom. The molecule has 0 bridgehead atoms. The van der Waals surface area contributed by atoms with Crippen molar-refractivity contribution in [1.29, 1.82) is 0 Å². The van der Waals surface area contributed by atoms with Gasteiger partial charge >= 0.3 is 0 Å². The summed E-state index contributed by atoms with van der Waals surface area (Å²) in [6.45, 7) is 15.0. The van der Waals surface area contributed by atoms with Gasteiger partial charge in [0.1, 0.15) is 5.75 Å². The molecule has 1 amide bonds. The lowest BCUT2D eigenvalue weighted by molar-refractivity contribution is -0.134. The molecule has 0 aliphatic carbocycles. The molecule has 28 heavy (non-hydrogen) atoms. The van der Waals surface area contributed by atoms with E-state index in [4.69, 9.17) is 4.74 Å². The fourth-order valence-corrected chi connectivity index (χ4v) is 3.87. The third kappa shape index (κ3) is 8.22. The Labute approximate surface area is 173 Å². The van der Waals surface area contributed by atoms with E-state index in [2.05, 4.69) is 58.6 Å². The van der Waals surface area contributed by atoms with Crippen molar-refractivity contribution in [2.24, 2.45) is 0 Å². The fraction of sp³-hybridized carbons (Fsp3) is 0.708. The van der Waals surface area contributed by atoms with E-state index in [-0.39, 0.29) is 12.1 Å². The monoisotopic (exact) mass is 390 g/mol. The summed E-state index contributed by atoms with van der Waals surface area (Å²) < 4.78 is 5.47. The summed E-state index contributed by atoms with van der Waals surface area (Å²) in [4.78, 5) is 17.0. The maximum Gasteiger partial charge on any atom is 0.223 e. The number of benzene rings is 1.